The first-order valence-electron chi connectivity index (χ1n) is 6.99. The molecule has 0 aromatic rings. The number of rotatable bonds is 0. The zero-order chi connectivity index (χ0) is 14.3. The summed E-state index contributed by atoms with van der Waals surface area (Å²) in [4.78, 5) is -0.312. The van der Waals surface area contributed by atoms with Crippen LogP contribution < -0.4 is 0 Å². The Labute approximate surface area is 128 Å². The molecule has 1 saturated carbocycles. The first-order valence-corrected chi connectivity index (χ1v) is 8.17. The number of ether oxygens (including phenoxy) is 1. The van der Waals surface area contributed by atoms with Crippen molar-refractivity contribution in [3.05, 3.63) is 10.6 Å². The van der Waals surface area contributed by atoms with Crippen molar-refractivity contribution in [2.45, 2.75) is 69.6 Å². The maximum Gasteiger partial charge on any atom is 0.102 e. The minimum atomic E-state index is -0.578. The average molecular weight is 350 g/mol. The van der Waals surface area contributed by atoms with Crippen molar-refractivity contribution in [1.82, 2.24) is 0 Å². The highest BCUT2D eigenvalue weighted by Crippen LogP contribution is 2.70. The van der Waals surface area contributed by atoms with Crippen LogP contribution in [0.2, 0.25) is 0 Å². The zero-order valence-corrected chi connectivity index (χ0v) is 14.3. The van der Waals surface area contributed by atoms with Crippen molar-refractivity contribution in [2.24, 2.45) is 10.8 Å². The highest BCUT2D eigenvalue weighted by Gasteiger charge is 2.72. The van der Waals surface area contributed by atoms with E-state index in [1.165, 1.54) is 0 Å². The van der Waals surface area contributed by atoms with Gasteiger partial charge in [0.25, 0.3) is 0 Å². The molecule has 0 amide bonds. The Morgan fingerprint density at radius 1 is 1.32 bits per heavy atom. The Kier molecular flexibility index (Phi) is 2.87. The van der Waals surface area contributed by atoms with E-state index in [4.69, 9.17) is 16.3 Å². The molecule has 2 bridgehead atoms. The lowest BCUT2D eigenvalue weighted by Crippen LogP contribution is -2.60. The Hall–Kier alpha value is 0.430. The van der Waals surface area contributed by atoms with Gasteiger partial charge in [0.1, 0.15) is 11.7 Å². The number of hydrogen-bond acceptors (Lipinski definition) is 2. The minimum Gasteiger partial charge on any atom is -0.386 e. The third-order valence-corrected chi connectivity index (χ3v) is 7.93. The van der Waals surface area contributed by atoms with E-state index in [1.807, 2.05) is 6.08 Å². The number of halogens is 2. The van der Waals surface area contributed by atoms with Crippen molar-refractivity contribution in [3.8, 4) is 0 Å². The van der Waals surface area contributed by atoms with Gasteiger partial charge in [-0.15, -0.1) is 11.6 Å². The highest BCUT2D eigenvalue weighted by atomic mass is 79.9. The van der Waals surface area contributed by atoms with E-state index in [0.717, 1.165) is 23.7 Å². The quantitative estimate of drug-likeness (QED) is 0.670. The predicted octanol–water partition coefficient (Wildman–Crippen LogP) is 3.99. The van der Waals surface area contributed by atoms with Crippen LogP contribution in [-0.4, -0.2) is 27.8 Å². The van der Waals surface area contributed by atoms with E-state index in [0.29, 0.717) is 0 Å². The number of hydrogen-bond donors (Lipinski definition) is 1. The van der Waals surface area contributed by atoms with Crippen LogP contribution in [0.4, 0.5) is 0 Å². The van der Waals surface area contributed by atoms with E-state index in [9.17, 15) is 5.11 Å². The molecule has 108 valence electrons. The fourth-order valence-electron chi connectivity index (χ4n) is 4.55. The maximum atomic E-state index is 10.6. The van der Waals surface area contributed by atoms with Crippen LogP contribution in [0.1, 0.15) is 47.0 Å². The first-order chi connectivity index (χ1) is 8.57. The molecular weight excluding hydrogens is 328 g/mol. The van der Waals surface area contributed by atoms with Gasteiger partial charge >= 0.3 is 0 Å². The van der Waals surface area contributed by atoms with Gasteiger partial charge in [0.2, 0.25) is 0 Å². The Morgan fingerprint density at radius 2 is 1.95 bits per heavy atom. The normalized spacial score (nSPS) is 55.6. The number of aliphatic hydroxyl groups is 1. The van der Waals surface area contributed by atoms with Gasteiger partial charge in [-0.3, -0.25) is 0 Å². The van der Waals surface area contributed by atoms with Crippen LogP contribution in [0.5, 0.6) is 0 Å². The Balaban J connectivity index is 2.17. The largest absolute Gasteiger partial charge is 0.386 e. The monoisotopic (exact) mass is 348 g/mol. The second kappa shape index (κ2) is 3.79. The molecule has 3 aliphatic rings. The molecule has 1 aliphatic heterocycles. The molecule has 4 heteroatoms. The first kappa shape index (κ1) is 14.4. The van der Waals surface area contributed by atoms with Crippen molar-refractivity contribution in [1.29, 1.82) is 0 Å². The standard InChI is InChI=1S/C15H22BrClO2/c1-12(2)9(16)7-10(18)14(4)15(12)6-5-13(3,17)11(8-15)19-14/h7,10-11,18H,5-6,8H2,1-4H3/t10-,11?,13?,14-,15-/m1/s1. The highest BCUT2D eigenvalue weighted by molar-refractivity contribution is 9.11. The van der Waals surface area contributed by atoms with E-state index in [-0.39, 0.29) is 21.8 Å². The zero-order valence-electron chi connectivity index (χ0n) is 12.0. The van der Waals surface area contributed by atoms with Crippen LogP contribution in [0.3, 0.4) is 0 Å². The summed E-state index contributed by atoms with van der Waals surface area (Å²) in [6.45, 7) is 8.63. The number of allylic oxidation sites excluding steroid dienone is 1. The van der Waals surface area contributed by atoms with E-state index in [1.54, 1.807) is 0 Å². The van der Waals surface area contributed by atoms with Gasteiger partial charge in [0.05, 0.1) is 11.0 Å². The summed E-state index contributed by atoms with van der Waals surface area (Å²) < 4.78 is 7.42. The van der Waals surface area contributed by atoms with E-state index >= 15 is 0 Å². The van der Waals surface area contributed by atoms with Crippen LogP contribution in [0.15, 0.2) is 10.6 Å². The SMILES string of the molecule is CC1(Cl)CC[C@]23CC1O[C@]2(C)[C@H](O)C=C(Br)C3(C)C. The summed E-state index contributed by atoms with van der Waals surface area (Å²) in [5, 5.41) is 10.6. The van der Waals surface area contributed by atoms with Crippen molar-refractivity contribution in [3.63, 3.8) is 0 Å². The topological polar surface area (TPSA) is 29.5 Å². The van der Waals surface area contributed by atoms with E-state index < -0.39 is 11.7 Å². The molecule has 0 aromatic carbocycles. The molecule has 0 radical (unpaired) electrons. The molecule has 2 fully saturated rings. The molecule has 2 unspecified atom stereocenters. The molecule has 2 nitrogen and oxygen atoms in total. The summed E-state index contributed by atoms with van der Waals surface area (Å²) in [7, 11) is 0. The molecule has 3 rings (SSSR count). The summed E-state index contributed by atoms with van der Waals surface area (Å²) in [5.41, 5.74) is -0.625. The molecule has 1 heterocycles. The smallest absolute Gasteiger partial charge is 0.102 e. The second-order valence-corrected chi connectivity index (χ2v) is 9.08. The molecule has 1 spiro atoms. The second-order valence-electron chi connectivity index (χ2n) is 7.36. The molecule has 5 atom stereocenters. The van der Waals surface area contributed by atoms with Gasteiger partial charge in [-0.25, -0.2) is 0 Å². The van der Waals surface area contributed by atoms with Crippen LogP contribution in [-0.2, 0) is 4.74 Å². The summed E-state index contributed by atoms with van der Waals surface area (Å²) in [6, 6.07) is 0. The fraction of sp³-hybridized carbons (Fsp3) is 0.867. The van der Waals surface area contributed by atoms with E-state index in [2.05, 4.69) is 43.6 Å². The summed E-state index contributed by atoms with van der Waals surface area (Å²) in [6.07, 6.45) is 4.20. The van der Waals surface area contributed by atoms with Crippen LogP contribution >= 0.6 is 27.5 Å². The number of fused-ring (bicyclic) bond motifs is 1. The van der Waals surface area contributed by atoms with Crippen molar-refractivity contribution in [2.75, 3.05) is 0 Å². The Morgan fingerprint density at radius 3 is 2.58 bits per heavy atom. The number of alkyl halides is 1. The molecule has 1 saturated heterocycles. The average Bonchev–Trinajstić information content (AvgIpc) is 2.58. The van der Waals surface area contributed by atoms with Crippen molar-refractivity contribution >= 4 is 27.5 Å². The van der Waals surface area contributed by atoms with Gasteiger partial charge in [0.15, 0.2) is 0 Å². The molecular formula is C15H22BrClO2. The molecule has 19 heavy (non-hydrogen) atoms. The van der Waals surface area contributed by atoms with Crippen LogP contribution in [0.25, 0.3) is 0 Å². The summed E-state index contributed by atoms with van der Waals surface area (Å²) in [5.74, 6) is 0. The van der Waals surface area contributed by atoms with Gasteiger partial charge in [-0.2, -0.15) is 0 Å². The molecule has 2 aliphatic carbocycles. The Bertz CT molecular complexity index is 459. The molecule has 0 aromatic heterocycles. The third-order valence-electron chi connectivity index (χ3n) is 6.25. The lowest BCUT2D eigenvalue weighted by molar-refractivity contribution is -0.158. The minimum absolute atomic E-state index is 0.0219. The maximum absolute atomic E-state index is 10.6. The lowest BCUT2D eigenvalue weighted by atomic mass is 9.49. The fourth-order valence-corrected chi connectivity index (χ4v) is 5.40. The van der Waals surface area contributed by atoms with Gasteiger partial charge < -0.3 is 9.84 Å². The third kappa shape index (κ3) is 1.51. The van der Waals surface area contributed by atoms with Crippen molar-refractivity contribution < 1.29 is 9.84 Å². The predicted molar refractivity (Wildman–Crippen MR) is 80.6 cm³/mol. The van der Waals surface area contributed by atoms with Gasteiger partial charge in [-0.05, 0) is 39.2 Å². The number of aliphatic hydroxyl groups excluding tert-OH is 1. The van der Waals surface area contributed by atoms with Gasteiger partial charge in [0, 0.05) is 15.3 Å². The molecule has 1 N–H and O–H groups in total. The lowest BCUT2D eigenvalue weighted by Gasteiger charge is -2.57. The van der Waals surface area contributed by atoms with Gasteiger partial charge in [-0.1, -0.05) is 29.8 Å². The summed E-state index contributed by atoms with van der Waals surface area (Å²) >= 11 is 10.3. The van der Waals surface area contributed by atoms with Crippen LogP contribution in [0, 0.1) is 10.8 Å².